The van der Waals surface area contributed by atoms with Crippen LogP contribution in [-0.4, -0.2) is 34.0 Å². The van der Waals surface area contributed by atoms with Crippen molar-refractivity contribution in [3.8, 4) is 11.3 Å². The van der Waals surface area contributed by atoms with E-state index < -0.39 is 0 Å². The standard InChI is InChI=1S/C24H21N5O2/c1-29(19-7-3-2-4-8-19)24(31)20-16-27-28-22(20)18-12-10-17(11-13-18)15-26-23(30)21-9-5-6-14-25-21/h2-14,16H,15H2,1H3,(H,26,30)(H,27,28). The first-order valence-electron chi connectivity index (χ1n) is 9.78. The van der Waals surface area contributed by atoms with Crippen molar-refractivity contribution in [3.63, 3.8) is 0 Å². The van der Waals surface area contributed by atoms with Gasteiger partial charge in [-0.2, -0.15) is 5.10 Å². The van der Waals surface area contributed by atoms with Crippen molar-refractivity contribution in [1.82, 2.24) is 20.5 Å². The SMILES string of the molecule is CN(C(=O)c1cn[nH]c1-c1ccc(CNC(=O)c2ccccn2)cc1)c1ccccc1. The van der Waals surface area contributed by atoms with E-state index in [4.69, 9.17) is 0 Å². The van der Waals surface area contributed by atoms with E-state index in [1.54, 1.807) is 36.3 Å². The van der Waals surface area contributed by atoms with Gasteiger partial charge in [0.2, 0.25) is 0 Å². The molecule has 0 unspecified atom stereocenters. The molecule has 0 aliphatic rings. The molecule has 31 heavy (non-hydrogen) atoms. The summed E-state index contributed by atoms with van der Waals surface area (Å²) in [6.07, 6.45) is 3.13. The fourth-order valence-electron chi connectivity index (χ4n) is 3.18. The molecule has 0 radical (unpaired) electrons. The summed E-state index contributed by atoms with van der Waals surface area (Å²) in [6.45, 7) is 0.376. The van der Waals surface area contributed by atoms with Crippen molar-refractivity contribution >= 4 is 17.5 Å². The number of hydrogen-bond donors (Lipinski definition) is 2. The highest BCUT2D eigenvalue weighted by Crippen LogP contribution is 2.24. The number of nitrogens with zero attached hydrogens (tertiary/aromatic N) is 3. The number of carbonyl (C=O) groups excluding carboxylic acids is 2. The third-order valence-corrected chi connectivity index (χ3v) is 4.91. The largest absolute Gasteiger partial charge is 0.347 e. The van der Waals surface area contributed by atoms with E-state index in [9.17, 15) is 9.59 Å². The summed E-state index contributed by atoms with van der Waals surface area (Å²) in [5, 5.41) is 9.85. The normalized spacial score (nSPS) is 10.5. The number of aromatic nitrogens is 3. The maximum atomic E-state index is 13.0. The highest BCUT2D eigenvalue weighted by Gasteiger charge is 2.20. The number of amides is 2. The number of carbonyl (C=O) groups is 2. The van der Waals surface area contributed by atoms with Crippen LogP contribution in [0.25, 0.3) is 11.3 Å². The van der Waals surface area contributed by atoms with Gasteiger partial charge in [0.25, 0.3) is 11.8 Å². The van der Waals surface area contributed by atoms with E-state index in [1.165, 1.54) is 6.20 Å². The molecule has 2 amide bonds. The zero-order valence-corrected chi connectivity index (χ0v) is 16.9. The molecule has 7 heteroatoms. The summed E-state index contributed by atoms with van der Waals surface area (Å²) in [6, 6.07) is 22.3. The van der Waals surface area contributed by atoms with Crippen LogP contribution in [0.5, 0.6) is 0 Å². The van der Waals surface area contributed by atoms with E-state index >= 15 is 0 Å². The van der Waals surface area contributed by atoms with Crippen LogP contribution in [0, 0.1) is 0 Å². The fourth-order valence-corrected chi connectivity index (χ4v) is 3.18. The fraction of sp³-hybridized carbons (Fsp3) is 0.0833. The van der Waals surface area contributed by atoms with Crippen LogP contribution >= 0.6 is 0 Å². The second-order valence-corrected chi connectivity index (χ2v) is 6.95. The first kappa shape index (κ1) is 20.0. The van der Waals surface area contributed by atoms with Gasteiger partial charge >= 0.3 is 0 Å². The first-order chi connectivity index (χ1) is 15.1. The number of H-pyrrole nitrogens is 1. The molecule has 2 aromatic carbocycles. The Balaban J connectivity index is 1.46. The molecule has 0 saturated heterocycles. The Labute approximate surface area is 179 Å². The molecule has 154 valence electrons. The predicted octanol–water partition coefficient (Wildman–Crippen LogP) is 3.68. The van der Waals surface area contributed by atoms with Gasteiger partial charge in [0, 0.05) is 31.0 Å². The molecule has 2 heterocycles. The minimum atomic E-state index is -0.227. The van der Waals surface area contributed by atoms with Gasteiger partial charge in [-0.1, -0.05) is 48.5 Å². The van der Waals surface area contributed by atoms with Crippen molar-refractivity contribution in [3.05, 3.63) is 102 Å². The van der Waals surface area contributed by atoms with Gasteiger partial charge in [-0.3, -0.25) is 19.7 Å². The Morgan fingerprint density at radius 2 is 1.71 bits per heavy atom. The molecule has 4 aromatic rings. The van der Waals surface area contributed by atoms with Crippen molar-refractivity contribution < 1.29 is 9.59 Å². The van der Waals surface area contributed by atoms with Crippen LogP contribution in [0.1, 0.15) is 26.4 Å². The van der Waals surface area contributed by atoms with E-state index in [1.807, 2.05) is 54.6 Å². The van der Waals surface area contributed by atoms with Crippen LogP contribution < -0.4 is 10.2 Å². The van der Waals surface area contributed by atoms with Crippen LogP contribution in [0.3, 0.4) is 0 Å². The lowest BCUT2D eigenvalue weighted by Crippen LogP contribution is -2.26. The minimum absolute atomic E-state index is 0.151. The lowest BCUT2D eigenvalue weighted by molar-refractivity contribution is 0.0944. The number of anilines is 1. The van der Waals surface area contributed by atoms with Crippen LogP contribution in [0.2, 0.25) is 0 Å². The maximum absolute atomic E-state index is 13.0. The predicted molar refractivity (Wildman–Crippen MR) is 119 cm³/mol. The molecular weight excluding hydrogens is 390 g/mol. The number of nitrogens with one attached hydrogen (secondary N) is 2. The Morgan fingerprint density at radius 3 is 2.42 bits per heavy atom. The van der Waals surface area contributed by atoms with Crippen LogP contribution in [0.15, 0.2) is 85.2 Å². The Bertz CT molecular complexity index is 1170. The van der Waals surface area contributed by atoms with E-state index in [0.717, 1.165) is 16.8 Å². The first-order valence-corrected chi connectivity index (χ1v) is 9.78. The van der Waals surface area contributed by atoms with Crippen molar-refractivity contribution in [2.45, 2.75) is 6.54 Å². The number of benzene rings is 2. The van der Waals surface area contributed by atoms with Crippen LogP contribution in [0.4, 0.5) is 5.69 Å². The second-order valence-electron chi connectivity index (χ2n) is 6.95. The lowest BCUT2D eigenvalue weighted by atomic mass is 10.0. The highest BCUT2D eigenvalue weighted by atomic mass is 16.2. The Kier molecular flexibility index (Phi) is 5.84. The molecule has 0 aliphatic heterocycles. The summed E-state index contributed by atoms with van der Waals surface area (Å²) in [5.41, 5.74) is 4.09. The molecular formula is C24H21N5O2. The van der Waals surface area contributed by atoms with Crippen molar-refractivity contribution in [2.24, 2.45) is 0 Å². The van der Waals surface area contributed by atoms with Crippen LogP contribution in [-0.2, 0) is 6.54 Å². The third kappa shape index (κ3) is 4.51. The molecule has 2 N–H and O–H groups in total. The minimum Gasteiger partial charge on any atom is -0.347 e. The number of rotatable bonds is 6. The van der Waals surface area contributed by atoms with E-state index in [-0.39, 0.29) is 11.8 Å². The highest BCUT2D eigenvalue weighted by molar-refractivity contribution is 6.09. The van der Waals surface area contributed by atoms with Gasteiger partial charge in [0.15, 0.2) is 0 Å². The third-order valence-electron chi connectivity index (χ3n) is 4.91. The monoisotopic (exact) mass is 411 g/mol. The zero-order chi connectivity index (χ0) is 21.6. The Morgan fingerprint density at radius 1 is 0.968 bits per heavy atom. The van der Waals surface area contributed by atoms with Crippen molar-refractivity contribution in [2.75, 3.05) is 11.9 Å². The summed E-state index contributed by atoms with van der Waals surface area (Å²) >= 11 is 0. The molecule has 0 bridgehead atoms. The average molecular weight is 411 g/mol. The number of hydrogen-bond acceptors (Lipinski definition) is 4. The molecule has 0 aliphatic carbocycles. The summed E-state index contributed by atoms with van der Waals surface area (Å²) in [5.74, 6) is -0.378. The summed E-state index contributed by atoms with van der Waals surface area (Å²) in [7, 11) is 1.74. The number of pyridine rings is 1. The van der Waals surface area contributed by atoms with Crippen molar-refractivity contribution in [1.29, 1.82) is 0 Å². The van der Waals surface area contributed by atoms with Gasteiger partial charge < -0.3 is 10.2 Å². The average Bonchev–Trinajstić information content (AvgIpc) is 3.33. The lowest BCUT2D eigenvalue weighted by Gasteiger charge is -2.17. The number of para-hydroxylation sites is 1. The summed E-state index contributed by atoms with van der Waals surface area (Å²) < 4.78 is 0. The molecule has 2 aromatic heterocycles. The molecule has 0 spiro atoms. The maximum Gasteiger partial charge on any atom is 0.270 e. The molecule has 0 atom stereocenters. The molecule has 0 fully saturated rings. The van der Waals surface area contributed by atoms with E-state index in [2.05, 4.69) is 20.5 Å². The molecule has 7 nitrogen and oxygen atoms in total. The molecule has 4 rings (SSSR count). The molecule has 0 saturated carbocycles. The van der Waals surface area contributed by atoms with E-state index in [0.29, 0.717) is 23.5 Å². The zero-order valence-electron chi connectivity index (χ0n) is 16.9. The quantitative estimate of drug-likeness (QED) is 0.506. The number of aromatic amines is 1. The topological polar surface area (TPSA) is 91.0 Å². The van der Waals surface area contributed by atoms with Gasteiger partial charge in [0.1, 0.15) is 5.69 Å². The van der Waals surface area contributed by atoms with Gasteiger partial charge in [0.05, 0.1) is 17.5 Å². The van der Waals surface area contributed by atoms with Gasteiger partial charge in [-0.15, -0.1) is 0 Å². The Hall–Kier alpha value is -4.26. The summed E-state index contributed by atoms with van der Waals surface area (Å²) in [4.78, 5) is 30.8. The smallest absolute Gasteiger partial charge is 0.270 e. The second kappa shape index (κ2) is 9.04. The van der Waals surface area contributed by atoms with Gasteiger partial charge in [-0.25, -0.2) is 0 Å². The van der Waals surface area contributed by atoms with Gasteiger partial charge in [-0.05, 0) is 29.8 Å².